The van der Waals surface area contributed by atoms with Crippen molar-refractivity contribution in [3.8, 4) is 0 Å². The van der Waals surface area contributed by atoms with Crippen molar-refractivity contribution in [1.82, 2.24) is 5.06 Å². The summed E-state index contributed by atoms with van der Waals surface area (Å²) in [7, 11) is 0. The van der Waals surface area contributed by atoms with Crippen LogP contribution in [0.1, 0.15) is 33.6 Å². The van der Waals surface area contributed by atoms with Gasteiger partial charge in [-0.15, -0.1) is 5.06 Å². The molecule has 1 aliphatic heterocycles. The van der Waals surface area contributed by atoms with E-state index < -0.39 is 23.8 Å². The maximum Gasteiger partial charge on any atom is 0.528 e. The molecule has 1 N–H and O–H groups in total. The van der Waals surface area contributed by atoms with Crippen molar-refractivity contribution >= 4 is 12.1 Å². The van der Waals surface area contributed by atoms with Crippen molar-refractivity contribution in [2.75, 3.05) is 6.54 Å². The molecule has 1 rings (SSSR count). The summed E-state index contributed by atoms with van der Waals surface area (Å²) >= 11 is 0. The van der Waals surface area contributed by atoms with Gasteiger partial charge in [-0.3, -0.25) is 4.79 Å². The maximum atomic E-state index is 11.3. The van der Waals surface area contributed by atoms with Crippen LogP contribution >= 0.6 is 0 Å². The van der Waals surface area contributed by atoms with Gasteiger partial charge in [0, 0.05) is 6.54 Å². The third kappa shape index (κ3) is 3.69. The Morgan fingerprint density at radius 3 is 2.50 bits per heavy atom. The Bertz CT molecular complexity index is 283. The van der Waals surface area contributed by atoms with Crippen LogP contribution in [-0.4, -0.2) is 40.5 Å². The van der Waals surface area contributed by atoms with Crippen LogP contribution in [0.5, 0.6) is 0 Å². The number of carboxylic acid groups (broad SMARTS) is 1. The summed E-state index contributed by atoms with van der Waals surface area (Å²) in [5, 5.41) is 10.0. The molecule has 1 heterocycles. The highest BCUT2D eigenvalue weighted by atomic mass is 16.8. The van der Waals surface area contributed by atoms with Gasteiger partial charge >= 0.3 is 12.1 Å². The first-order valence-corrected chi connectivity index (χ1v) is 5.20. The molecule has 0 aliphatic carbocycles. The molecule has 0 saturated carbocycles. The molecule has 6 nitrogen and oxygen atoms in total. The number of nitrogens with zero attached hydrogens (tertiary/aromatic N) is 1. The predicted octanol–water partition coefficient (Wildman–Crippen LogP) is 1.40. The summed E-state index contributed by atoms with van der Waals surface area (Å²) in [5.74, 6) is -0.985. The monoisotopic (exact) mass is 231 g/mol. The van der Waals surface area contributed by atoms with Crippen LogP contribution in [0.15, 0.2) is 0 Å². The van der Waals surface area contributed by atoms with Gasteiger partial charge in [-0.05, 0) is 33.6 Å². The molecular weight excluding hydrogens is 214 g/mol. The van der Waals surface area contributed by atoms with E-state index in [1.807, 2.05) is 0 Å². The zero-order valence-electron chi connectivity index (χ0n) is 9.73. The summed E-state index contributed by atoms with van der Waals surface area (Å²) in [4.78, 5) is 27.0. The van der Waals surface area contributed by atoms with Crippen molar-refractivity contribution in [2.24, 2.45) is 0 Å². The zero-order valence-corrected chi connectivity index (χ0v) is 9.73. The van der Waals surface area contributed by atoms with E-state index in [-0.39, 0.29) is 0 Å². The zero-order chi connectivity index (χ0) is 12.3. The molecule has 0 aromatic carbocycles. The van der Waals surface area contributed by atoms with Crippen LogP contribution in [0.2, 0.25) is 0 Å². The van der Waals surface area contributed by atoms with Crippen LogP contribution in [0.25, 0.3) is 0 Å². The minimum absolute atomic E-state index is 0.427. The Morgan fingerprint density at radius 1 is 1.38 bits per heavy atom. The number of hydroxylamine groups is 2. The molecule has 6 heteroatoms. The van der Waals surface area contributed by atoms with E-state index in [1.54, 1.807) is 20.8 Å². The third-order valence-corrected chi connectivity index (χ3v) is 2.07. The van der Waals surface area contributed by atoms with Gasteiger partial charge in [0.05, 0.1) is 0 Å². The van der Waals surface area contributed by atoms with Crippen molar-refractivity contribution in [2.45, 2.75) is 45.3 Å². The van der Waals surface area contributed by atoms with Crippen LogP contribution in [-0.2, 0) is 14.4 Å². The normalized spacial score (nSPS) is 21.8. The quantitative estimate of drug-likeness (QED) is 0.724. The van der Waals surface area contributed by atoms with Crippen LogP contribution in [0.3, 0.4) is 0 Å². The van der Waals surface area contributed by atoms with Crippen LogP contribution in [0, 0.1) is 0 Å². The summed E-state index contributed by atoms with van der Waals surface area (Å²) in [6.07, 6.45) is 0.318. The molecule has 1 saturated heterocycles. The molecule has 1 aliphatic rings. The highest BCUT2D eigenvalue weighted by molar-refractivity contribution is 5.74. The first kappa shape index (κ1) is 12.8. The van der Waals surface area contributed by atoms with Crippen molar-refractivity contribution in [3.05, 3.63) is 0 Å². The second kappa shape index (κ2) is 4.69. The smallest absolute Gasteiger partial charge is 0.480 e. The molecule has 0 aromatic heterocycles. The topological polar surface area (TPSA) is 76.1 Å². The van der Waals surface area contributed by atoms with Crippen molar-refractivity contribution in [3.63, 3.8) is 0 Å². The SMILES string of the molecule is CC(C)(C)OC(=O)ON1CCC[C@H]1C(=O)O. The van der Waals surface area contributed by atoms with E-state index in [2.05, 4.69) is 0 Å². The van der Waals surface area contributed by atoms with Crippen LogP contribution in [0.4, 0.5) is 4.79 Å². The third-order valence-electron chi connectivity index (χ3n) is 2.07. The predicted molar refractivity (Wildman–Crippen MR) is 54.7 cm³/mol. The summed E-state index contributed by atoms with van der Waals surface area (Å²) in [6.45, 7) is 5.57. The Labute approximate surface area is 94.1 Å². The molecule has 92 valence electrons. The minimum atomic E-state index is -0.985. The second-order valence-electron chi connectivity index (χ2n) is 4.69. The fourth-order valence-corrected chi connectivity index (χ4v) is 1.46. The Hall–Kier alpha value is -1.30. The van der Waals surface area contributed by atoms with Gasteiger partial charge in [-0.2, -0.15) is 0 Å². The van der Waals surface area contributed by atoms with Gasteiger partial charge in [0.25, 0.3) is 0 Å². The first-order chi connectivity index (χ1) is 7.29. The van der Waals surface area contributed by atoms with E-state index >= 15 is 0 Å². The molecule has 0 radical (unpaired) electrons. The molecule has 1 atom stereocenters. The molecule has 0 spiro atoms. The van der Waals surface area contributed by atoms with Gasteiger partial charge in [0.2, 0.25) is 0 Å². The maximum absolute atomic E-state index is 11.3. The van der Waals surface area contributed by atoms with Crippen molar-refractivity contribution < 1.29 is 24.3 Å². The van der Waals surface area contributed by atoms with Gasteiger partial charge in [-0.25, -0.2) is 4.79 Å². The number of carboxylic acids is 1. The highest BCUT2D eigenvalue weighted by Crippen LogP contribution is 2.19. The van der Waals surface area contributed by atoms with Crippen molar-refractivity contribution in [1.29, 1.82) is 0 Å². The summed E-state index contributed by atoms with van der Waals surface area (Å²) in [6, 6.07) is -0.757. The Morgan fingerprint density at radius 2 is 2.00 bits per heavy atom. The molecular formula is C10H17NO5. The minimum Gasteiger partial charge on any atom is -0.480 e. The lowest BCUT2D eigenvalue weighted by molar-refractivity contribution is -0.173. The van der Waals surface area contributed by atoms with E-state index in [9.17, 15) is 9.59 Å². The highest BCUT2D eigenvalue weighted by Gasteiger charge is 2.34. The molecule has 0 amide bonds. The standard InChI is InChI=1S/C10H17NO5/c1-10(2,3)15-9(14)16-11-6-4-5-7(11)8(12)13/h7H,4-6H2,1-3H3,(H,12,13)/t7-/m0/s1. The van der Waals surface area contributed by atoms with Gasteiger partial charge in [0.1, 0.15) is 11.6 Å². The van der Waals surface area contributed by atoms with Gasteiger partial charge in [0.15, 0.2) is 0 Å². The lowest BCUT2D eigenvalue weighted by Crippen LogP contribution is -2.39. The Balaban J connectivity index is 2.47. The van der Waals surface area contributed by atoms with E-state index in [0.717, 1.165) is 5.06 Å². The summed E-state index contributed by atoms with van der Waals surface area (Å²) in [5.41, 5.74) is -0.643. The fourth-order valence-electron chi connectivity index (χ4n) is 1.46. The van der Waals surface area contributed by atoms with E-state index in [4.69, 9.17) is 14.7 Å². The average molecular weight is 231 g/mol. The number of carbonyl (C=O) groups excluding carboxylic acids is 1. The first-order valence-electron chi connectivity index (χ1n) is 5.20. The van der Waals surface area contributed by atoms with E-state index in [0.29, 0.717) is 19.4 Å². The number of aliphatic carboxylic acids is 1. The number of ether oxygens (including phenoxy) is 1. The summed E-state index contributed by atoms with van der Waals surface area (Å²) < 4.78 is 4.93. The molecule has 0 aromatic rings. The lowest BCUT2D eigenvalue weighted by Gasteiger charge is -2.23. The second-order valence-corrected chi connectivity index (χ2v) is 4.69. The van der Waals surface area contributed by atoms with E-state index in [1.165, 1.54) is 0 Å². The van der Waals surface area contributed by atoms with Crippen LogP contribution < -0.4 is 0 Å². The molecule has 0 bridgehead atoms. The molecule has 0 unspecified atom stereocenters. The number of rotatable bonds is 2. The Kier molecular flexibility index (Phi) is 3.74. The fraction of sp³-hybridized carbons (Fsp3) is 0.800. The molecule has 16 heavy (non-hydrogen) atoms. The number of hydrogen-bond donors (Lipinski definition) is 1. The molecule has 1 fully saturated rings. The number of carbonyl (C=O) groups is 2. The number of hydrogen-bond acceptors (Lipinski definition) is 5. The van der Waals surface area contributed by atoms with Gasteiger partial charge < -0.3 is 14.7 Å². The lowest BCUT2D eigenvalue weighted by atomic mass is 10.2. The average Bonchev–Trinajstić information content (AvgIpc) is 2.47. The largest absolute Gasteiger partial charge is 0.528 e. The van der Waals surface area contributed by atoms with Gasteiger partial charge in [-0.1, -0.05) is 0 Å².